The van der Waals surface area contributed by atoms with Crippen LogP contribution in [0.4, 0.5) is 5.69 Å². The van der Waals surface area contributed by atoms with Crippen LogP contribution in [0.5, 0.6) is 0 Å². The van der Waals surface area contributed by atoms with E-state index < -0.39 is 64.7 Å². The van der Waals surface area contributed by atoms with Gasteiger partial charge in [0, 0.05) is 121 Å². The highest BCUT2D eigenvalue weighted by atomic mass is 127. The molecular weight excluding hydrogens is 1790 g/mol. The van der Waals surface area contributed by atoms with Gasteiger partial charge in [0.2, 0.25) is 0 Å². The molecule has 17 nitrogen and oxygen atoms in total. The Morgan fingerprint density at radius 1 is 0.385 bits per heavy atom. The Morgan fingerprint density at radius 2 is 0.624 bits per heavy atom. The number of ether oxygens (including phenoxy) is 7. The second-order valence-corrected chi connectivity index (χ2v) is 41.7. The van der Waals surface area contributed by atoms with Gasteiger partial charge in [0.05, 0.1) is 43.7 Å². The van der Waals surface area contributed by atoms with Crippen molar-refractivity contribution in [1.82, 2.24) is 19.9 Å². The van der Waals surface area contributed by atoms with Gasteiger partial charge >= 0.3 is 23.9 Å². The molecule has 0 aliphatic heterocycles. The molecule has 622 valence electrons. The molecule has 3 aromatic carbocycles. The summed E-state index contributed by atoms with van der Waals surface area (Å²) in [4.78, 5) is 80.3. The highest BCUT2D eigenvalue weighted by Gasteiger charge is 2.40. The number of aliphatic carboxylic acids is 1. The number of halogens is 3. The number of benzene rings is 3. The minimum atomic E-state index is -1.08. The molecular formula is C93H108Br2IN5O12S4. The van der Waals surface area contributed by atoms with Crippen LogP contribution in [0.1, 0.15) is 246 Å². The Morgan fingerprint density at radius 3 is 0.906 bits per heavy atom. The van der Waals surface area contributed by atoms with E-state index in [0.29, 0.717) is 11.3 Å². The monoisotopic (exact) mass is 1900 g/mol. The Labute approximate surface area is 734 Å². The molecule has 0 unspecified atom stereocenters. The van der Waals surface area contributed by atoms with Crippen LogP contribution in [0.15, 0.2) is 81.7 Å². The fraction of sp³-hybridized carbons (Fsp3) is 0.462. The number of pyridine rings is 4. The molecule has 8 heterocycles. The quantitative estimate of drug-likeness (QED) is 0.0420. The second kappa shape index (κ2) is 36.9. The summed E-state index contributed by atoms with van der Waals surface area (Å²) in [5.41, 5.74) is 22.4. The maximum absolute atomic E-state index is 13.0. The number of thiophene rings is 4. The fourth-order valence-electron chi connectivity index (χ4n) is 16.3. The number of hydrogen-bond acceptors (Lipinski definition) is 20. The van der Waals surface area contributed by atoms with Crippen molar-refractivity contribution in [3.05, 3.63) is 172 Å². The topological polar surface area (TPSA) is 231 Å². The molecule has 117 heavy (non-hydrogen) atoms. The van der Waals surface area contributed by atoms with Crippen molar-refractivity contribution in [3.8, 4) is 33.4 Å². The van der Waals surface area contributed by atoms with Crippen LogP contribution in [-0.2, 0) is 104 Å². The predicted molar refractivity (Wildman–Crippen MR) is 491 cm³/mol. The molecule has 8 aromatic heterocycles. The van der Waals surface area contributed by atoms with Crippen molar-refractivity contribution in [2.45, 2.75) is 260 Å². The van der Waals surface area contributed by atoms with Gasteiger partial charge in [0.1, 0.15) is 19.3 Å². The first-order chi connectivity index (χ1) is 55.3. The summed E-state index contributed by atoms with van der Waals surface area (Å²) in [6, 6.07) is 24.2. The van der Waals surface area contributed by atoms with E-state index in [1.807, 2.05) is 171 Å². The third-order valence-electron chi connectivity index (χ3n) is 21.1. The smallest absolute Gasteiger partial charge is 0.339 e. The number of rotatable bonds is 15. The molecule has 0 saturated carbocycles. The Bertz CT molecular complexity index is 5370. The molecule has 4 aliphatic carbocycles. The Balaban J connectivity index is 0.000000144. The number of nitrogen functional groups attached to an aromatic ring is 1. The summed E-state index contributed by atoms with van der Waals surface area (Å²) >= 11 is 16.6. The van der Waals surface area contributed by atoms with E-state index in [1.54, 1.807) is 45.3 Å². The zero-order valence-electron chi connectivity index (χ0n) is 70.6. The second-order valence-electron chi connectivity index (χ2n) is 34.4. The molecule has 4 atom stereocenters. The molecule has 0 fully saturated rings. The van der Waals surface area contributed by atoms with Crippen LogP contribution in [-0.4, -0.2) is 92.7 Å². The van der Waals surface area contributed by atoms with E-state index >= 15 is 0 Å². The fourth-order valence-corrected chi connectivity index (χ4v) is 23.5. The van der Waals surface area contributed by atoms with Gasteiger partial charge in [-0.25, -0.2) is 39.1 Å². The van der Waals surface area contributed by atoms with Gasteiger partial charge in [-0.3, -0.25) is 0 Å². The maximum atomic E-state index is 13.0. The number of carboxylic acid groups (broad SMARTS) is 1. The van der Waals surface area contributed by atoms with Crippen molar-refractivity contribution in [1.29, 1.82) is 0 Å². The highest BCUT2D eigenvalue weighted by molar-refractivity contribution is 14.1. The number of methoxy groups -OCH3 is 3. The van der Waals surface area contributed by atoms with Crippen LogP contribution < -0.4 is 5.73 Å². The maximum Gasteiger partial charge on any atom is 0.339 e. The molecule has 0 radical (unpaired) electrons. The van der Waals surface area contributed by atoms with E-state index in [2.05, 4.69) is 66.6 Å². The average molecular weight is 1900 g/mol. The van der Waals surface area contributed by atoms with Gasteiger partial charge in [-0.05, 0) is 311 Å². The lowest BCUT2D eigenvalue weighted by atomic mass is 9.88. The van der Waals surface area contributed by atoms with E-state index in [1.165, 1.54) is 119 Å². The van der Waals surface area contributed by atoms with Gasteiger partial charge in [0.15, 0.2) is 24.4 Å². The Hall–Kier alpha value is -6.69. The summed E-state index contributed by atoms with van der Waals surface area (Å²) in [5, 5.41) is 14.8. The number of anilines is 1. The van der Waals surface area contributed by atoms with Gasteiger partial charge in [0.25, 0.3) is 0 Å². The molecule has 0 amide bonds. The van der Waals surface area contributed by atoms with E-state index in [9.17, 15) is 24.3 Å². The number of carbonyl (C=O) groups is 4. The van der Waals surface area contributed by atoms with Crippen LogP contribution in [0.3, 0.4) is 0 Å². The van der Waals surface area contributed by atoms with Crippen molar-refractivity contribution < 1.29 is 57.4 Å². The molecule has 15 rings (SSSR count). The van der Waals surface area contributed by atoms with Gasteiger partial charge < -0.3 is 44.0 Å². The summed E-state index contributed by atoms with van der Waals surface area (Å²) in [6.45, 7) is 31.0. The van der Waals surface area contributed by atoms with Crippen LogP contribution in [0.2, 0.25) is 0 Å². The minimum absolute atomic E-state index is 0.374. The van der Waals surface area contributed by atoms with Crippen molar-refractivity contribution in [3.63, 3.8) is 0 Å². The van der Waals surface area contributed by atoms with Crippen molar-refractivity contribution >= 4 is 170 Å². The third kappa shape index (κ3) is 20.3. The number of carboxylic acids is 1. The number of carbonyl (C=O) groups excluding carboxylic acids is 3. The third-order valence-corrected chi connectivity index (χ3v) is 28.1. The van der Waals surface area contributed by atoms with Crippen molar-refractivity contribution in [2.75, 3.05) is 27.1 Å². The predicted octanol–water partition coefficient (Wildman–Crippen LogP) is 24.7. The standard InChI is InChI=1S/C25H28BrNO3S.C25H30N2O3S.C24H26BrNO3S.C19H24INO3S/c2*1-14-19(22(24(28)29-5)30-25(2,3)4)20(15-10-12-16(26)13-11-15)21-17-8-6-7-9-18(17)31-23(21)27-14;1-13-18(21(23(27)28)29-24(2,3)4)19(14-9-11-15(25)12-10-14)20-16-7-5-6-8-17(16)30-22(20)26-13;1-10-13(16(18(22)23-5)24-19(2,3)4)15(20)14-11-8-6-7-9-12(11)25-17(14)21-10/h10-13,22H,6-9H2,1-5H3;10-13,22H,6-9,26H2,1-5H3;9-12,21H,5-8H2,1-4H3,(H,27,28);16H,6-9H2,1-5H3/t2*22-;21-;16-/m0000/s1. The number of hydrogen-bond donors (Lipinski definition) is 2. The SMILES string of the molecule is COC(=O)[C@@H](OC(C)(C)C)c1c(C)nc2sc3c(c2c1-c1ccc(Br)cc1)CCCC3.COC(=O)[C@@H](OC(C)(C)C)c1c(C)nc2sc3c(c2c1-c1ccc(N)cc1)CCCC3.COC(=O)[C@@H](OC(C)(C)C)c1c(C)nc2sc3c(c2c1I)CCCC3.Cc1nc2sc3c(c2c(-c2ccc(Br)cc2)c1[C@H](OC(C)(C)C)C(=O)O)CCCC3. The van der Waals surface area contributed by atoms with E-state index in [4.69, 9.17) is 58.8 Å². The molecule has 11 aromatic rings. The lowest BCUT2D eigenvalue weighted by Crippen LogP contribution is -2.29. The first-order valence-corrected chi connectivity index (χ1v) is 46.2. The number of esters is 3. The Kier molecular flexibility index (Phi) is 28.3. The van der Waals surface area contributed by atoms with E-state index in [-0.39, 0.29) is 5.97 Å². The van der Waals surface area contributed by atoms with Crippen LogP contribution in [0, 0.1) is 31.3 Å². The van der Waals surface area contributed by atoms with Gasteiger partial charge in [-0.15, -0.1) is 45.3 Å². The number of aryl methyl sites for hydroxylation is 12. The normalized spacial score (nSPS) is 15.3. The zero-order chi connectivity index (χ0) is 84.7. The minimum Gasteiger partial charge on any atom is -0.479 e. The number of aromatic nitrogens is 4. The van der Waals surface area contributed by atoms with Gasteiger partial charge in [-0.1, -0.05) is 68.3 Å². The highest BCUT2D eigenvalue weighted by Crippen LogP contribution is 2.51. The van der Waals surface area contributed by atoms with Crippen LogP contribution in [0.25, 0.3) is 74.2 Å². The number of nitrogens with two attached hydrogens (primary N) is 1. The zero-order valence-corrected chi connectivity index (χ0v) is 79.2. The van der Waals surface area contributed by atoms with Crippen molar-refractivity contribution in [2.24, 2.45) is 0 Å². The molecule has 0 bridgehead atoms. The summed E-state index contributed by atoms with van der Waals surface area (Å²) in [7, 11) is 4.22. The summed E-state index contributed by atoms with van der Waals surface area (Å²) in [5.74, 6) is -2.18. The summed E-state index contributed by atoms with van der Waals surface area (Å²) < 4.78 is 43.2. The number of nitrogens with zero attached hydrogens (tertiary/aromatic N) is 4. The lowest BCUT2D eigenvalue weighted by Gasteiger charge is -2.29. The average Bonchev–Trinajstić information content (AvgIpc) is 1.63. The molecule has 3 N–H and O–H groups in total. The van der Waals surface area contributed by atoms with E-state index in [0.717, 1.165) is 173 Å². The molecule has 24 heteroatoms. The van der Waals surface area contributed by atoms with Crippen LogP contribution >= 0.6 is 99.8 Å². The lowest BCUT2D eigenvalue weighted by molar-refractivity contribution is -0.164. The summed E-state index contributed by atoms with van der Waals surface area (Å²) in [6.07, 6.45) is 14.6. The number of fused-ring (bicyclic) bond motifs is 12. The first kappa shape index (κ1) is 89.6. The first-order valence-electron chi connectivity index (χ1n) is 40.3. The molecule has 4 aliphatic rings. The largest absolute Gasteiger partial charge is 0.479 e. The molecule has 0 saturated heterocycles. The molecule has 0 spiro atoms. The van der Waals surface area contributed by atoms with Gasteiger partial charge in [-0.2, -0.15) is 0 Å².